The van der Waals surface area contributed by atoms with Gasteiger partial charge < -0.3 is 15.7 Å². The molecule has 3 N–H and O–H groups in total. The number of hydrogen-bond acceptors (Lipinski definition) is 6. The van der Waals surface area contributed by atoms with Crippen LogP contribution in [0.25, 0.3) is 0 Å². The van der Waals surface area contributed by atoms with Gasteiger partial charge in [-0.15, -0.1) is 0 Å². The average molecular weight is 540 g/mol. The van der Waals surface area contributed by atoms with Gasteiger partial charge in [-0.3, -0.25) is 0 Å². The quantitative estimate of drug-likeness (QED) is 0.457. The van der Waals surface area contributed by atoms with Crippen molar-refractivity contribution in [3.8, 4) is 11.8 Å². The summed E-state index contributed by atoms with van der Waals surface area (Å²) >= 11 is 0. The van der Waals surface area contributed by atoms with E-state index in [4.69, 9.17) is 5.73 Å². The molecule has 36 heavy (non-hydrogen) atoms. The highest BCUT2D eigenvalue weighted by atomic mass is 32.2. The molecule has 1 aliphatic rings. The molecule has 0 aliphatic carbocycles. The smallest absolute Gasteiger partial charge is 0.384 e. The van der Waals surface area contributed by atoms with Crippen LogP contribution in [0, 0.1) is 11.8 Å². The molecule has 1 aromatic heterocycles. The summed E-state index contributed by atoms with van der Waals surface area (Å²) in [5.74, 6) is 4.79. The van der Waals surface area contributed by atoms with Gasteiger partial charge in [-0.1, -0.05) is 24.0 Å². The molecular weight excluding hydrogens is 521 g/mol. The van der Waals surface area contributed by atoms with Crippen LogP contribution in [0.4, 0.5) is 42.2 Å². The molecule has 1 unspecified atom stereocenters. The van der Waals surface area contributed by atoms with Crippen molar-refractivity contribution in [2.24, 2.45) is 0 Å². The normalized spacial score (nSPS) is 18.0. The molecule has 2 heterocycles. The Morgan fingerprint density at radius 2 is 1.64 bits per heavy atom. The maximum Gasteiger partial charge on any atom is 0.430 e. The van der Waals surface area contributed by atoms with E-state index in [1.165, 1.54) is 17.0 Å². The Balaban J connectivity index is 1.92. The number of piperazine rings is 1. The van der Waals surface area contributed by atoms with E-state index in [1.54, 1.807) is 0 Å². The van der Waals surface area contributed by atoms with Crippen molar-refractivity contribution in [2.45, 2.75) is 28.9 Å². The highest BCUT2D eigenvalue weighted by molar-refractivity contribution is 7.89. The monoisotopic (exact) mass is 540 g/mol. The van der Waals surface area contributed by atoms with Crippen molar-refractivity contribution in [3.05, 3.63) is 48.2 Å². The molecule has 0 saturated carbocycles. The molecule has 15 heteroatoms. The number of nitrogen functional groups attached to an aromatic ring is 1. The second-order valence-electron chi connectivity index (χ2n) is 7.70. The minimum absolute atomic E-state index is 0.0740. The second kappa shape index (κ2) is 9.75. The zero-order valence-corrected chi connectivity index (χ0v) is 19.0. The van der Waals surface area contributed by atoms with E-state index < -0.39 is 46.3 Å². The van der Waals surface area contributed by atoms with Gasteiger partial charge in [0.15, 0.2) is 0 Å². The van der Waals surface area contributed by atoms with Crippen LogP contribution >= 0.6 is 0 Å². The molecule has 1 saturated heterocycles. The molecular formula is C21H19F7N4O3S. The maximum atomic E-state index is 13.2. The number of nitrogens with two attached hydrogens (primary N) is 1. The van der Waals surface area contributed by atoms with E-state index >= 15 is 0 Å². The summed E-state index contributed by atoms with van der Waals surface area (Å²) < 4.78 is 119. The first kappa shape index (κ1) is 27.5. The Hall–Kier alpha value is -3.09. The third-order valence-electron chi connectivity index (χ3n) is 5.51. The molecule has 1 aliphatic heterocycles. The first-order chi connectivity index (χ1) is 16.6. The van der Waals surface area contributed by atoms with E-state index in [0.29, 0.717) is 12.1 Å². The van der Waals surface area contributed by atoms with E-state index in [-0.39, 0.29) is 36.0 Å². The number of aliphatic hydroxyl groups is 1. The lowest BCUT2D eigenvalue weighted by Crippen LogP contribution is -2.55. The van der Waals surface area contributed by atoms with Crippen LogP contribution in [0.2, 0.25) is 0 Å². The van der Waals surface area contributed by atoms with Crippen molar-refractivity contribution in [1.82, 2.24) is 9.29 Å². The first-order valence-electron chi connectivity index (χ1n) is 10.1. The Kier molecular flexibility index (Phi) is 7.45. The number of alkyl halides is 7. The van der Waals surface area contributed by atoms with Gasteiger partial charge in [-0.25, -0.2) is 17.8 Å². The summed E-state index contributed by atoms with van der Waals surface area (Å²) in [4.78, 5) is 4.99. The van der Waals surface area contributed by atoms with Gasteiger partial charge >= 0.3 is 12.4 Å². The molecule has 7 nitrogen and oxygen atoms in total. The predicted molar refractivity (Wildman–Crippen MR) is 115 cm³/mol. The number of hydrogen-bond donors (Lipinski definition) is 2. The van der Waals surface area contributed by atoms with Crippen LogP contribution < -0.4 is 10.6 Å². The van der Waals surface area contributed by atoms with Gasteiger partial charge in [0.2, 0.25) is 10.0 Å². The van der Waals surface area contributed by atoms with Crippen molar-refractivity contribution < 1.29 is 44.3 Å². The molecule has 3 rings (SSSR count). The number of nitrogens with zero attached hydrogens (tertiary/aromatic N) is 3. The van der Waals surface area contributed by atoms with Crippen molar-refractivity contribution in [2.75, 3.05) is 36.9 Å². The summed E-state index contributed by atoms with van der Waals surface area (Å²) in [6, 6.07) is 4.31. The van der Waals surface area contributed by atoms with E-state index in [9.17, 15) is 44.3 Å². The van der Waals surface area contributed by atoms with Gasteiger partial charge in [0.25, 0.3) is 5.60 Å². The number of rotatable bonds is 4. The highest BCUT2D eigenvalue weighted by Crippen LogP contribution is 2.50. The molecule has 1 fully saturated rings. The summed E-state index contributed by atoms with van der Waals surface area (Å²) in [5.41, 5.74) is -0.976. The summed E-state index contributed by atoms with van der Waals surface area (Å²) in [7, 11) is -4.06. The van der Waals surface area contributed by atoms with Crippen LogP contribution in [0.1, 0.15) is 5.56 Å². The van der Waals surface area contributed by atoms with Gasteiger partial charge in [0, 0.05) is 37.1 Å². The fraction of sp³-hybridized carbons (Fsp3) is 0.381. The Bertz CT molecular complexity index is 1220. The van der Waals surface area contributed by atoms with E-state index in [1.807, 2.05) is 0 Å². The Morgan fingerprint density at radius 3 is 2.14 bits per heavy atom. The minimum Gasteiger partial charge on any atom is -0.384 e. The lowest BCUT2D eigenvalue weighted by molar-refractivity contribution is -0.376. The van der Waals surface area contributed by atoms with Crippen LogP contribution in [-0.4, -0.2) is 67.5 Å². The standard InChI is InChI=1S/C21H19F7N4O3S/c22-9-1-2-16-13-31(36(34,35)17-7-8-18(29)30-12-17)10-11-32(16)15-5-3-14(4-6-15)19(33,20(23,24)25)21(26,27)28/h3-8,12,16,33H,9-11,13H2,(H2,29,30). The van der Waals surface area contributed by atoms with E-state index in [2.05, 4.69) is 16.8 Å². The molecule has 0 spiro atoms. The SMILES string of the molecule is Nc1ccc(S(=O)(=O)N2CCN(c3ccc(C(O)(C(F)(F)F)C(F)(F)F)cc3)C(C#CCF)C2)cn1. The number of sulfonamides is 1. The van der Waals surface area contributed by atoms with Crippen molar-refractivity contribution in [3.63, 3.8) is 0 Å². The topological polar surface area (TPSA) is 99.8 Å². The number of anilines is 2. The molecule has 0 bridgehead atoms. The number of halogens is 7. The fourth-order valence-electron chi connectivity index (χ4n) is 3.64. The van der Waals surface area contributed by atoms with Crippen LogP contribution in [-0.2, 0) is 15.6 Å². The number of aromatic nitrogens is 1. The summed E-state index contributed by atoms with van der Waals surface area (Å²) in [6.45, 7) is -1.55. The number of benzene rings is 1. The zero-order chi connectivity index (χ0) is 26.9. The third kappa shape index (κ3) is 5.06. The highest BCUT2D eigenvalue weighted by Gasteiger charge is 2.71. The van der Waals surface area contributed by atoms with Crippen molar-refractivity contribution >= 4 is 21.5 Å². The first-order valence-corrected chi connectivity index (χ1v) is 11.6. The summed E-state index contributed by atoms with van der Waals surface area (Å²) in [6.07, 6.45) is -11.0. The molecule has 0 radical (unpaired) electrons. The fourth-order valence-corrected chi connectivity index (χ4v) is 5.02. The van der Waals surface area contributed by atoms with Gasteiger partial charge in [0.1, 0.15) is 23.4 Å². The molecule has 1 atom stereocenters. The van der Waals surface area contributed by atoms with E-state index in [0.717, 1.165) is 22.6 Å². The average Bonchev–Trinajstić information content (AvgIpc) is 2.81. The van der Waals surface area contributed by atoms with Crippen molar-refractivity contribution in [1.29, 1.82) is 0 Å². The Labute approximate surface area is 201 Å². The largest absolute Gasteiger partial charge is 0.430 e. The van der Waals surface area contributed by atoms with Gasteiger partial charge in [0.05, 0.1) is 0 Å². The molecule has 1 aromatic carbocycles. The second-order valence-corrected chi connectivity index (χ2v) is 9.64. The minimum atomic E-state index is -6.04. The van der Waals surface area contributed by atoms with Crippen LogP contribution in [0.15, 0.2) is 47.5 Å². The maximum absolute atomic E-state index is 13.2. The molecule has 2 aromatic rings. The van der Waals surface area contributed by atoms with Crippen LogP contribution in [0.5, 0.6) is 0 Å². The molecule has 196 valence electrons. The van der Waals surface area contributed by atoms with Gasteiger partial charge in [-0.05, 0) is 24.3 Å². The Morgan fingerprint density at radius 1 is 1.03 bits per heavy atom. The van der Waals surface area contributed by atoms with Gasteiger partial charge in [-0.2, -0.15) is 30.6 Å². The zero-order valence-electron chi connectivity index (χ0n) is 18.2. The summed E-state index contributed by atoms with van der Waals surface area (Å²) in [5, 5.41) is 9.56. The number of pyridine rings is 1. The third-order valence-corrected chi connectivity index (χ3v) is 7.36. The van der Waals surface area contributed by atoms with Crippen LogP contribution in [0.3, 0.4) is 0 Å². The predicted octanol–water partition coefficient (Wildman–Crippen LogP) is 2.83. The lowest BCUT2D eigenvalue weighted by Gasteiger charge is -2.40. The molecule has 0 amide bonds. The lowest BCUT2D eigenvalue weighted by atomic mass is 9.92.